The highest BCUT2D eigenvalue weighted by Crippen LogP contribution is 2.63. The minimum Gasteiger partial charge on any atom is -0.265 e. The van der Waals surface area contributed by atoms with E-state index >= 15 is 0 Å². The van der Waals surface area contributed by atoms with Crippen LogP contribution in [0.4, 0.5) is 0 Å². The Kier molecular flexibility index (Phi) is 16.7. The Morgan fingerprint density at radius 2 is 0.247 bits per heavy atom. The third kappa shape index (κ3) is 11.3. The van der Waals surface area contributed by atoms with Gasteiger partial charge in [-0.15, -0.1) is 0 Å². The maximum Gasteiger partial charge on any atom is 0.0273 e. The van der Waals surface area contributed by atoms with Gasteiger partial charge >= 0.3 is 0 Å². The number of fused-ring (bicyclic) bond motifs is 33. The highest BCUT2D eigenvalue weighted by atomic mass is 14.6. The van der Waals surface area contributed by atoms with E-state index in [0.717, 1.165) is 0 Å². The monoisotopic (exact) mass is 1890 g/mol. The molecule has 6 aromatic heterocycles. The van der Waals surface area contributed by atoms with E-state index < -0.39 is 0 Å². The molecule has 0 N–H and O–H groups in total. The van der Waals surface area contributed by atoms with Crippen LogP contribution >= 0.6 is 0 Å². The van der Waals surface area contributed by atoms with Gasteiger partial charge < -0.3 is 0 Å². The number of nitrogens with zero attached hydrogens (tertiary/aromatic N) is 6. The van der Waals surface area contributed by atoms with Gasteiger partial charge in [-0.1, -0.05) is 255 Å². The second kappa shape index (κ2) is 30.8. The lowest BCUT2D eigenvalue weighted by Crippen LogP contribution is -1.92. The van der Waals surface area contributed by atoms with E-state index in [4.69, 9.17) is 0 Å². The summed E-state index contributed by atoms with van der Waals surface area (Å²) in [4.78, 5) is 26.4. The van der Waals surface area contributed by atoms with Crippen molar-refractivity contribution in [3.05, 3.63) is 475 Å². The molecule has 24 aromatic carbocycles. The van der Waals surface area contributed by atoms with Crippen LogP contribution in [0.2, 0.25) is 0 Å². The molecule has 684 valence electrons. The van der Waals surface area contributed by atoms with Crippen LogP contribution < -0.4 is 0 Å². The van der Waals surface area contributed by atoms with E-state index in [9.17, 15) is 0 Å². The number of aromatic nitrogens is 6. The zero-order valence-corrected chi connectivity index (χ0v) is 80.7. The lowest BCUT2D eigenvalue weighted by atomic mass is 9.84. The van der Waals surface area contributed by atoms with Gasteiger partial charge in [0, 0.05) is 74.4 Å². The topological polar surface area (TPSA) is 77.3 Å². The molecule has 6 heteroatoms. The van der Waals surface area contributed by atoms with Crippen LogP contribution in [-0.4, -0.2) is 29.9 Å². The number of hydrogen-bond acceptors (Lipinski definition) is 6. The fourth-order valence-corrected chi connectivity index (χ4v) is 27.7. The van der Waals surface area contributed by atoms with Crippen molar-refractivity contribution >= 4 is 162 Å². The third-order valence-electron chi connectivity index (χ3n) is 33.9. The molecule has 0 fully saturated rings. The first-order valence-corrected chi connectivity index (χ1v) is 51.7. The first-order valence-electron chi connectivity index (χ1n) is 51.7. The SMILES string of the molecule is c1cc2c3c(cccc3c1)-c1c-2cc2c(ccc3c4cc5c(c(-c6ccncc6)c4ccc23)-c2cccc3cccc-5c23)c1-c1ccncc1.c1cc2c3c(cccc3c1)-c1cc3c(cc1-2)c(-c1ccncc1)cc1c2cc4c(c(-c5ccncc5)c2ccc31)-c1cccc2cccc-4c12.c1cc2c3c(cccc3c1)-c1cc3c(cc1-2)c(-c1ccncc1)cc1c2cc4c(cc2c(-c2ccncc2)cc31)-c1cccc2cccc-4c12. The number of rotatable bonds is 6. The number of hydrogen-bond donors (Lipinski definition) is 0. The van der Waals surface area contributed by atoms with Gasteiger partial charge in [0.05, 0.1) is 0 Å². The van der Waals surface area contributed by atoms with E-state index in [1.165, 1.54) is 362 Å². The largest absolute Gasteiger partial charge is 0.265 e. The van der Waals surface area contributed by atoms with Crippen LogP contribution in [0.1, 0.15) is 0 Å². The molecule has 0 unspecified atom stereocenters. The second-order valence-corrected chi connectivity index (χ2v) is 41.1. The molecule has 0 bridgehead atoms. The first-order chi connectivity index (χ1) is 74.4. The zero-order valence-electron chi connectivity index (χ0n) is 80.7. The molecule has 30 aromatic rings. The fraction of sp³-hybridized carbons (Fsp3) is 0. The number of pyridine rings is 6. The zero-order chi connectivity index (χ0) is 97.5. The summed E-state index contributed by atoms with van der Waals surface area (Å²) >= 11 is 0. The van der Waals surface area contributed by atoms with Crippen molar-refractivity contribution < 1.29 is 0 Å². The Bertz CT molecular complexity index is 10800. The molecule has 0 spiro atoms. The lowest BCUT2D eigenvalue weighted by molar-refractivity contribution is 1.33. The van der Waals surface area contributed by atoms with Gasteiger partial charge in [0.1, 0.15) is 0 Å². The summed E-state index contributed by atoms with van der Waals surface area (Å²) in [6, 6.07) is 150. The van der Waals surface area contributed by atoms with Gasteiger partial charge in [-0.3, -0.25) is 29.9 Å². The molecule has 6 aliphatic rings. The first kappa shape index (κ1) is 81.5. The fourth-order valence-electron chi connectivity index (χ4n) is 27.7. The summed E-state index contributed by atoms with van der Waals surface area (Å²) in [5.41, 5.74) is 46.0. The van der Waals surface area contributed by atoms with Crippen LogP contribution in [0.5, 0.6) is 0 Å². The Morgan fingerprint density at radius 3 is 0.493 bits per heavy atom. The highest BCUT2D eigenvalue weighted by molar-refractivity contribution is 6.36. The average molecular weight is 1890 g/mol. The van der Waals surface area contributed by atoms with Crippen LogP contribution in [-0.2, 0) is 0 Å². The van der Waals surface area contributed by atoms with Crippen molar-refractivity contribution in [2.24, 2.45) is 0 Å². The van der Waals surface area contributed by atoms with Gasteiger partial charge in [0.15, 0.2) is 0 Å². The van der Waals surface area contributed by atoms with Crippen molar-refractivity contribution in [1.29, 1.82) is 0 Å². The molecule has 36 rings (SSSR count). The van der Waals surface area contributed by atoms with Crippen molar-refractivity contribution in [2.75, 3.05) is 0 Å². The van der Waals surface area contributed by atoms with Gasteiger partial charge in [-0.25, -0.2) is 0 Å². The summed E-state index contributed by atoms with van der Waals surface area (Å²) in [6.07, 6.45) is 22.9. The summed E-state index contributed by atoms with van der Waals surface area (Å²) in [5.74, 6) is 0. The maximum absolute atomic E-state index is 4.40. The van der Waals surface area contributed by atoms with Crippen molar-refractivity contribution in [3.8, 4) is 200 Å². The van der Waals surface area contributed by atoms with Crippen LogP contribution in [0.15, 0.2) is 475 Å². The summed E-state index contributed by atoms with van der Waals surface area (Å²) in [7, 11) is 0. The minimum absolute atomic E-state index is 1.17. The molecule has 6 nitrogen and oxygen atoms in total. The van der Waals surface area contributed by atoms with Gasteiger partial charge in [-0.2, -0.15) is 0 Å². The molecule has 6 heterocycles. The van der Waals surface area contributed by atoms with E-state index in [1.807, 2.05) is 74.4 Å². The number of benzene rings is 24. The predicted octanol–water partition coefficient (Wildman–Crippen LogP) is 38.6. The lowest BCUT2D eigenvalue weighted by Gasteiger charge is -2.19. The molecule has 0 saturated heterocycles. The molecule has 150 heavy (non-hydrogen) atoms. The maximum atomic E-state index is 4.40. The van der Waals surface area contributed by atoms with Gasteiger partial charge in [0.25, 0.3) is 0 Å². The quantitative estimate of drug-likeness (QED) is 0.154. The van der Waals surface area contributed by atoms with Crippen LogP contribution in [0.3, 0.4) is 0 Å². The van der Waals surface area contributed by atoms with Gasteiger partial charge in [0.2, 0.25) is 0 Å². The standard InChI is InChI=1S/3C48H26N2/c1-5-29-7-3-11-33-39-25-45-41(23-37(39)31(9-1)47(29)33)35(27-13-17-49-18-14-27)21-44-43(45)22-36(28-15-19-50-20-16-28)42-24-38-32-10-2-6-30-8-4-12-34(48(30)32)40(38)26-46(42)44;1-5-27-7-3-11-37-43(27)33(9-1)41-25-39-31-13-16-36-40(32(31)14-15-35(39)45(47(37)41)29-17-21-49-22-18-29)26-42-34-10-2-6-28-8-4-12-38(44(28)34)48(42)46(36)30-19-23-50-24-20-30;1-5-28-6-2-10-33-41-25-43-37(27-15-19-49-20-16-27)23-38-31(39(43)24-40(41)32(9-1)45(28)33)13-14-35-42(38)26-44-34-11-3-7-29-8-4-12-36(46(29)34)48(44)47(35)30-17-21-50-22-18-30/h3*1-26H. The molecular formula is C144H78N6. The highest BCUT2D eigenvalue weighted by Gasteiger charge is 2.36. The Labute approximate surface area is 860 Å². The molecule has 0 saturated carbocycles. The van der Waals surface area contributed by atoms with Crippen LogP contribution in [0.25, 0.3) is 362 Å². The van der Waals surface area contributed by atoms with Gasteiger partial charge in [-0.05, 0) is 507 Å². The van der Waals surface area contributed by atoms with E-state index in [-0.39, 0.29) is 0 Å². The smallest absolute Gasteiger partial charge is 0.0273 e. The predicted molar refractivity (Wildman–Crippen MR) is 628 cm³/mol. The van der Waals surface area contributed by atoms with Crippen molar-refractivity contribution in [1.82, 2.24) is 29.9 Å². The third-order valence-corrected chi connectivity index (χ3v) is 33.9. The van der Waals surface area contributed by atoms with Crippen LogP contribution in [0, 0.1) is 0 Å². The molecular weight excluding hydrogens is 1810 g/mol. The normalized spacial score (nSPS) is 12.4. The molecule has 0 aliphatic heterocycles. The Morgan fingerprint density at radius 1 is 0.0933 bits per heavy atom. The summed E-state index contributed by atoms with van der Waals surface area (Å²) in [5, 5.41) is 38.6. The average Bonchev–Trinajstić information content (AvgIpc) is 1.71. The molecule has 0 amide bonds. The Balaban J connectivity index is 0.0000000957. The van der Waals surface area contributed by atoms with E-state index in [0.29, 0.717) is 0 Å². The minimum atomic E-state index is 1.17. The second-order valence-electron chi connectivity index (χ2n) is 41.1. The van der Waals surface area contributed by atoms with Crippen molar-refractivity contribution in [3.63, 3.8) is 0 Å². The molecule has 0 radical (unpaired) electrons. The van der Waals surface area contributed by atoms with Crippen molar-refractivity contribution in [2.45, 2.75) is 0 Å². The van der Waals surface area contributed by atoms with E-state index in [1.54, 1.807) is 0 Å². The van der Waals surface area contributed by atoms with E-state index in [2.05, 4.69) is 430 Å². The molecule has 6 aliphatic carbocycles. The summed E-state index contributed by atoms with van der Waals surface area (Å²) in [6.45, 7) is 0. The Hall–Kier alpha value is -19.9. The molecule has 0 atom stereocenters. The summed E-state index contributed by atoms with van der Waals surface area (Å²) < 4.78 is 0.